The zero-order valence-electron chi connectivity index (χ0n) is 14.7. The molecule has 0 aliphatic carbocycles. The minimum Gasteiger partial charge on any atom is -0.318 e. The van der Waals surface area contributed by atoms with Crippen molar-refractivity contribution in [1.82, 2.24) is 4.90 Å². The second-order valence-corrected chi connectivity index (χ2v) is 6.65. The van der Waals surface area contributed by atoms with E-state index in [-0.39, 0.29) is 13.1 Å². The van der Waals surface area contributed by atoms with Crippen LogP contribution in [0.1, 0.15) is 30.9 Å². The third-order valence-corrected chi connectivity index (χ3v) is 4.62. The van der Waals surface area contributed by atoms with Gasteiger partial charge < -0.3 is 4.90 Å². The van der Waals surface area contributed by atoms with Gasteiger partial charge in [0.25, 0.3) is 0 Å². The number of carbonyl (C=O) groups is 1. The molecule has 1 fully saturated rings. The zero-order valence-corrected chi connectivity index (χ0v) is 14.7. The van der Waals surface area contributed by atoms with Gasteiger partial charge in [-0.05, 0) is 23.6 Å². The molecule has 2 aromatic rings. The first kappa shape index (κ1) is 19.1. The Bertz CT molecular complexity index is 854. The average Bonchev–Trinajstić information content (AvgIpc) is 3.02. The maximum Gasteiger partial charge on any atom is 0.324 e. The van der Waals surface area contributed by atoms with Gasteiger partial charge in [-0.2, -0.15) is 0 Å². The fraction of sp³-hybridized carbons (Fsp3) is 0.316. The number of halogens is 5. The van der Waals surface area contributed by atoms with Crippen molar-refractivity contribution in [1.29, 1.82) is 0 Å². The molecule has 0 unspecified atom stereocenters. The van der Waals surface area contributed by atoms with Crippen LogP contribution in [-0.2, 0) is 6.54 Å². The van der Waals surface area contributed by atoms with Crippen molar-refractivity contribution < 1.29 is 26.7 Å². The maximum absolute atomic E-state index is 13.9. The molecule has 27 heavy (non-hydrogen) atoms. The van der Waals surface area contributed by atoms with Crippen molar-refractivity contribution in [3.05, 3.63) is 64.5 Å². The summed E-state index contributed by atoms with van der Waals surface area (Å²) in [6, 6.07) is 6.71. The van der Waals surface area contributed by atoms with Gasteiger partial charge in [-0.25, -0.2) is 26.7 Å². The Labute approximate surface area is 153 Å². The van der Waals surface area contributed by atoms with Crippen molar-refractivity contribution >= 4 is 11.7 Å². The van der Waals surface area contributed by atoms with Gasteiger partial charge in [0.05, 0.1) is 6.54 Å². The summed E-state index contributed by atoms with van der Waals surface area (Å²) in [5, 5.41) is 0. The number of benzene rings is 2. The second-order valence-electron chi connectivity index (χ2n) is 6.65. The molecule has 2 aromatic carbocycles. The Hall–Kier alpha value is -2.64. The molecular formula is C19H17F5N2O. The average molecular weight is 384 g/mol. The molecule has 0 saturated carbocycles. The topological polar surface area (TPSA) is 23.6 Å². The molecule has 3 nitrogen and oxygen atoms in total. The van der Waals surface area contributed by atoms with Crippen molar-refractivity contribution in [2.75, 3.05) is 18.0 Å². The first-order chi connectivity index (χ1) is 12.7. The van der Waals surface area contributed by atoms with Crippen molar-refractivity contribution in [3.63, 3.8) is 0 Å². The van der Waals surface area contributed by atoms with E-state index in [1.807, 2.05) is 26.0 Å². The summed E-state index contributed by atoms with van der Waals surface area (Å²) < 4.78 is 67.5. The molecule has 0 bridgehead atoms. The summed E-state index contributed by atoms with van der Waals surface area (Å²) >= 11 is 0. The number of rotatable bonds is 4. The van der Waals surface area contributed by atoms with Crippen LogP contribution in [0.5, 0.6) is 0 Å². The van der Waals surface area contributed by atoms with Crippen molar-refractivity contribution in [3.8, 4) is 0 Å². The van der Waals surface area contributed by atoms with Gasteiger partial charge in [0.1, 0.15) is 0 Å². The highest BCUT2D eigenvalue weighted by atomic mass is 19.2. The van der Waals surface area contributed by atoms with Gasteiger partial charge in [0.2, 0.25) is 5.82 Å². The van der Waals surface area contributed by atoms with E-state index in [1.54, 1.807) is 12.1 Å². The molecule has 0 radical (unpaired) electrons. The van der Waals surface area contributed by atoms with Crippen LogP contribution < -0.4 is 4.90 Å². The fourth-order valence-electron chi connectivity index (χ4n) is 2.99. The number of carbonyl (C=O) groups excluding carboxylic acids is 1. The summed E-state index contributed by atoms with van der Waals surface area (Å²) in [6.45, 7) is 3.70. The minimum atomic E-state index is -2.21. The van der Waals surface area contributed by atoms with Crippen molar-refractivity contribution in [2.45, 2.75) is 26.3 Å². The van der Waals surface area contributed by atoms with Crippen LogP contribution in [0.15, 0.2) is 24.3 Å². The quantitative estimate of drug-likeness (QED) is 0.416. The molecular weight excluding hydrogens is 367 g/mol. The van der Waals surface area contributed by atoms with E-state index >= 15 is 0 Å². The number of hydrogen-bond acceptors (Lipinski definition) is 1. The first-order valence-corrected chi connectivity index (χ1v) is 8.39. The van der Waals surface area contributed by atoms with E-state index < -0.39 is 47.2 Å². The number of hydrogen-bond donors (Lipinski definition) is 0. The highest BCUT2D eigenvalue weighted by Gasteiger charge is 2.33. The normalized spacial score (nSPS) is 14.6. The van der Waals surface area contributed by atoms with Crippen LogP contribution in [0.25, 0.3) is 0 Å². The van der Waals surface area contributed by atoms with E-state index in [4.69, 9.17) is 0 Å². The molecule has 144 valence electrons. The molecule has 1 heterocycles. The Morgan fingerprint density at radius 2 is 1.37 bits per heavy atom. The van der Waals surface area contributed by atoms with Crippen LogP contribution in [0, 0.1) is 29.1 Å². The largest absolute Gasteiger partial charge is 0.324 e. The van der Waals surface area contributed by atoms with Crippen LogP contribution >= 0.6 is 0 Å². The number of urea groups is 1. The number of amides is 2. The second kappa shape index (κ2) is 7.17. The summed E-state index contributed by atoms with van der Waals surface area (Å²) in [4.78, 5) is 15.0. The molecule has 2 amide bonds. The Balaban J connectivity index is 1.82. The van der Waals surface area contributed by atoms with Crippen LogP contribution in [0.2, 0.25) is 0 Å². The zero-order chi connectivity index (χ0) is 19.9. The number of anilines is 1. The molecule has 0 N–H and O–H groups in total. The summed E-state index contributed by atoms with van der Waals surface area (Å²) in [5.74, 6) is -9.77. The fourth-order valence-corrected chi connectivity index (χ4v) is 2.99. The van der Waals surface area contributed by atoms with E-state index in [1.165, 1.54) is 4.90 Å². The van der Waals surface area contributed by atoms with Gasteiger partial charge in [0, 0.05) is 24.3 Å². The van der Waals surface area contributed by atoms with E-state index in [2.05, 4.69) is 0 Å². The predicted octanol–water partition coefficient (Wildman–Crippen LogP) is 4.95. The Morgan fingerprint density at radius 1 is 0.852 bits per heavy atom. The maximum atomic E-state index is 13.9. The summed E-state index contributed by atoms with van der Waals surface area (Å²) in [5.41, 5.74) is 0.671. The molecule has 1 aliphatic rings. The third kappa shape index (κ3) is 3.36. The van der Waals surface area contributed by atoms with Crippen LogP contribution in [-0.4, -0.2) is 24.0 Å². The van der Waals surface area contributed by atoms with Gasteiger partial charge in [-0.15, -0.1) is 0 Å². The molecule has 0 aromatic heterocycles. The Morgan fingerprint density at radius 3 is 1.89 bits per heavy atom. The Kier molecular flexibility index (Phi) is 5.08. The third-order valence-electron chi connectivity index (χ3n) is 4.62. The standard InChI is InChI=1S/C19H17F5N2O/c1-10(2)11-3-5-12(6-4-11)26-8-7-25(19(26)27)9-13-14(20)16(22)18(24)17(23)15(13)21/h3-6,10H,7-9H2,1-2H3. The monoisotopic (exact) mass is 384 g/mol. The molecule has 0 atom stereocenters. The lowest BCUT2D eigenvalue weighted by Gasteiger charge is -2.20. The summed E-state index contributed by atoms with van der Waals surface area (Å²) in [7, 11) is 0. The molecule has 1 aliphatic heterocycles. The predicted molar refractivity (Wildman–Crippen MR) is 89.9 cm³/mol. The highest BCUT2D eigenvalue weighted by Crippen LogP contribution is 2.27. The van der Waals surface area contributed by atoms with E-state index in [9.17, 15) is 26.7 Å². The van der Waals surface area contributed by atoms with Crippen molar-refractivity contribution in [2.24, 2.45) is 0 Å². The summed E-state index contributed by atoms with van der Waals surface area (Å²) in [6.07, 6.45) is 0. The first-order valence-electron chi connectivity index (χ1n) is 8.39. The van der Waals surface area contributed by atoms with Gasteiger partial charge in [-0.1, -0.05) is 26.0 Å². The van der Waals surface area contributed by atoms with Gasteiger partial charge >= 0.3 is 6.03 Å². The smallest absolute Gasteiger partial charge is 0.318 e. The molecule has 3 rings (SSSR count). The van der Waals surface area contributed by atoms with E-state index in [0.717, 1.165) is 10.5 Å². The lowest BCUT2D eigenvalue weighted by Crippen LogP contribution is -2.32. The molecule has 0 spiro atoms. The minimum absolute atomic E-state index is 0.101. The SMILES string of the molecule is CC(C)c1ccc(N2CCN(Cc3c(F)c(F)c(F)c(F)c3F)C2=O)cc1. The molecule has 8 heteroatoms. The highest BCUT2D eigenvalue weighted by molar-refractivity contribution is 5.94. The van der Waals surface area contributed by atoms with Crippen LogP contribution in [0.3, 0.4) is 0 Å². The van der Waals surface area contributed by atoms with E-state index in [0.29, 0.717) is 11.6 Å². The van der Waals surface area contributed by atoms with Gasteiger partial charge in [0.15, 0.2) is 23.3 Å². The lowest BCUT2D eigenvalue weighted by molar-refractivity contribution is 0.216. The molecule has 1 saturated heterocycles. The van der Waals surface area contributed by atoms with Crippen LogP contribution in [0.4, 0.5) is 32.4 Å². The van der Waals surface area contributed by atoms with Gasteiger partial charge in [-0.3, -0.25) is 4.90 Å². The number of nitrogens with zero attached hydrogens (tertiary/aromatic N) is 2. The lowest BCUT2D eigenvalue weighted by atomic mass is 10.0.